The van der Waals surface area contributed by atoms with Gasteiger partial charge >= 0.3 is 0 Å². The van der Waals surface area contributed by atoms with E-state index in [9.17, 15) is 0 Å². The maximum atomic E-state index is 2.42. The number of aryl methyl sites for hydroxylation is 2. The zero-order chi connectivity index (χ0) is 13.8. The van der Waals surface area contributed by atoms with Crippen LogP contribution in [-0.4, -0.2) is 5.66 Å². The van der Waals surface area contributed by atoms with Gasteiger partial charge in [-0.25, -0.2) is 0 Å². The number of rotatable bonds is 4. The van der Waals surface area contributed by atoms with Crippen molar-refractivity contribution in [3.05, 3.63) is 59.7 Å². The van der Waals surface area contributed by atoms with Gasteiger partial charge in [-0.05, 0) is 52.5 Å². The highest BCUT2D eigenvalue weighted by Crippen LogP contribution is 2.38. The summed E-state index contributed by atoms with van der Waals surface area (Å²) >= 11 is 0. The molecule has 0 aliphatic carbocycles. The van der Waals surface area contributed by atoms with Gasteiger partial charge in [0, 0.05) is 11.4 Å². The SMILES string of the molecule is Cc1ccc(N(PC(C)C)c2ccc(C)cc2)cc1. The molecule has 2 heteroatoms. The van der Waals surface area contributed by atoms with Gasteiger partial charge in [-0.15, -0.1) is 0 Å². The molecule has 1 nitrogen and oxygen atoms in total. The second-order valence-electron chi connectivity index (χ2n) is 5.29. The second kappa shape index (κ2) is 6.21. The van der Waals surface area contributed by atoms with Crippen LogP contribution in [0.25, 0.3) is 0 Å². The van der Waals surface area contributed by atoms with E-state index in [2.05, 4.69) is 80.9 Å². The van der Waals surface area contributed by atoms with Gasteiger partial charge in [-0.1, -0.05) is 49.2 Å². The van der Waals surface area contributed by atoms with Crippen LogP contribution in [0.5, 0.6) is 0 Å². The predicted molar refractivity (Wildman–Crippen MR) is 87.9 cm³/mol. The summed E-state index contributed by atoms with van der Waals surface area (Å²) in [5.41, 5.74) is 5.83. The molecule has 0 heterocycles. The number of anilines is 2. The van der Waals surface area contributed by atoms with E-state index in [-0.39, 0.29) is 0 Å². The van der Waals surface area contributed by atoms with Gasteiger partial charge in [0.15, 0.2) is 0 Å². The van der Waals surface area contributed by atoms with E-state index in [1.807, 2.05) is 0 Å². The molecule has 2 aromatic carbocycles. The Hall–Kier alpha value is -1.33. The molecule has 0 saturated carbocycles. The maximum absolute atomic E-state index is 2.42. The molecule has 0 amide bonds. The molecule has 2 aromatic rings. The standard InChI is InChI=1S/C17H22NP/c1-13(2)19-18(16-9-5-14(3)6-10-16)17-11-7-15(4)8-12-17/h5-13,19H,1-4H3. The summed E-state index contributed by atoms with van der Waals surface area (Å²) in [6, 6.07) is 17.6. The Kier molecular flexibility index (Phi) is 4.61. The average molecular weight is 271 g/mol. The lowest BCUT2D eigenvalue weighted by Crippen LogP contribution is -2.08. The van der Waals surface area contributed by atoms with Crippen LogP contribution in [0.2, 0.25) is 0 Å². The van der Waals surface area contributed by atoms with E-state index in [0.717, 1.165) is 8.73 Å². The van der Waals surface area contributed by atoms with Crippen molar-refractivity contribution in [3.63, 3.8) is 0 Å². The Morgan fingerprint density at radius 2 is 1.11 bits per heavy atom. The van der Waals surface area contributed by atoms with Crippen LogP contribution < -0.4 is 4.67 Å². The third kappa shape index (κ3) is 3.81. The average Bonchev–Trinajstić information content (AvgIpc) is 2.38. The number of hydrogen-bond donors (Lipinski definition) is 0. The van der Waals surface area contributed by atoms with E-state index in [0.29, 0.717) is 5.66 Å². The molecule has 19 heavy (non-hydrogen) atoms. The Labute approximate surface area is 118 Å². The fourth-order valence-corrected chi connectivity index (χ4v) is 3.06. The van der Waals surface area contributed by atoms with Crippen LogP contribution >= 0.6 is 8.73 Å². The highest BCUT2D eigenvalue weighted by molar-refractivity contribution is 7.41. The maximum Gasteiger partial charge on any atom is 0.0444 e. The second-order valence-corrected chi connectivity index (χ2v) is 7.15. The van der Waals surface area contributed by atoms with Crippen LogP contribution in [0.3, 0.4) is 0 Å². The molecule has 1 unspecified atom stereocenters. The van der Waals surface area contributed by atoms with Crippen molar-refractivity contribution in [2.24, 2.45) is 0 Å². The highest BCUT2D eigenvalue weighted by Gasteiger charge is 2.10. The zero-order valence-corrected chi connectivity index (χ0v) is 13.1. The molecule has 2 rings (SSSR count). The van der Waals surface area contributed by atoms with Crippen molar-refractivity contribution in [2.75, 3.05) is 4.67 Å². The summed E-state index contributed by atoms with van der Waals surface area (Å²) in [5.74, 6) is 0. The molecule has 1 atom stereocenters. The monoisotopic (exact) mass is 271 g/mol. The summed E-state index contributed by atoms with van der Waals surface area (Å²) in [5, 5.41) is 0. The van der Waals surface area contributed by atoms with Crippen LogP contribution in [0, 0.1) is 13.8 Å². The first-order valence-electron chi connectivity index (χ1n) is 6.76. The molecule has 0 aromatic heterocycles. The van der Waals surface area contributed by atoms with Crippen molar-refractivity contribution >= 4 is 20.1 Å². The third-order valence-corrected chi connectivity index (χ3v) is 4.26. The molecular formula is C17H22NP. The molecule has 0 radical (unpaired) electrons. The molecule has 0 N–H and O–H groups in total. The lowest BCUT2D eigenvalue weighted by Gasteiger charge is -2.27. The van der Waals surface area contributed by atoms with Gasteiger partial charge < -0.3 is 4.67 Å². The van der Waals surface area contributed by atoms with Crippen molar-refractivity contribution in [2.45, 2.75) is 33.4 Å². The van der Waals surface area contributed by atoms with Gasteiger partial charge in [0.1, 0.15) is 0 Å². The number of nitrogens with zero attached hydrogens (tertiary/aromatic N) is 1. The predicted octanol–water partition coefficient (Wildman–Crippen LogP) is 5.44. The lowest BCUT2D eigenvalue weighted by atomic mass is 10.2. The Balaban J connectivity index is 2.35. The third-order valence-electron chi connectivity index (χ3n) is 2.97. The van der Waals surface area contributed by atoms with E-state index >= 15 is 0 Å². The van der Waals surface area contributed by atoms with Gasteiger partial charge in [0.05, 0.1) is 0 Å². The van der Waals surface area contributed by atoms with Gasteiger partial charge in [-0.2, -0.15) is 0 Å². The molecule has 0 saturated heterocycles. The molecule has 0 aliphatic rings. The van der Waals surface area contributed by atoms with Gasteiger partial charge in [0.2, 0.25) is 0 Å². The molecule has 0 fully saturated rings. The summed E-state index contributed by atoms with van der Waals surface area (Å²) < 4.78 is 2.42. The topological polar surface area (TPSA) is 3.24 Å². The molecular weight excluding hydrogens is 249 g/mol. The van der Waals surface area contributed by atoms with Crippen molar-refractivity contribution in [1.29, 1.82) is 0 Å². The molecule has 0 aliphatic heterocycles. The summed E-state index contributed by atoms with van der Waals surface area (Å²) in [6.45, 7) is 8.80. The molecule has 0 bridgehead atoms. The number of benzene rings is 2. The Morgan fingerprint density at radius 3 is 1.42 bits per heavy atom. The Bertz CT molecular complexity index is 468. The quantitative estimate of drug-likeness (QED) is 0.669. The van der Waals surface area contributed by atoms with Crippen molar-refractivity contribution < 1.29 is 0 Å². The van der Waals surface area contributed by atoms with Crippen LogP contribution in [0.15, 0.2) is 48.5 Å². The first-order chi connectivity index (χ1) is 9.06. The summed E-state index contributed by atoms with van der Waals surface area (Å²) in [7, 11) is 0.762. The van der Waals surface area contributed by atoms with Crippen LogP contribution in [0.1, 0.15) is 25.0 Å². The number of hydrogen-bond acceptors (Lipinski definition) is 1. The largest absolute Gasteiger partial charge is 0.323 e. The van der Waals surface area contributed by atoms with Crippen LogP contribution in [0.4, 0.5) is 11.4 Å². The smallest absolute Gasteiger partial charge is 0.0444 e. The van der Waals surface area contributed by atoms with Crippen molar-refractivity contribution in [3.8, 4) is 0 Å². The van der Waals surface area contributed by atoms with Gasteiger partial charge in [0.25, 0.3) is 0 Å². The molecule has 100 valence electrons. The van der Waals surface area contributed by atoms with E-state index in [4.69, 9.17) is 0 Å². The van der Waals surface area contributed by atoms with Crippen LogP contribution in [-0.2, 0) is 0 Å². The van der Waals surface area contributed by atoms with E-state index in [1.54, 1.807) is 0 Å². The molecule has 0 spiro atoms. The van der Waals surface area contributed by atoms with E-state index in [1.165, 1.54) is 22.5 Å². The first-order valence-corrected chi connectivity index (χ1v) is 7.78. The minimum Gasteiger partial charge on any atom is -0.323 e. The zero-order valence-electron chi connectivity index (χ0n) is 12.1. The van der Waals surface area contributed by atoms with Gasteiger partial charge in [-0.3, -0.25) is 0 Å². The minimum absolute atomic E-state index is 0.655. The summed E-state index contributed by atoms with van der Waals surface area (Å²) in [4.78, 5) is 0. The minimum atomic E-state index is 0.655. The highest BCUT2D eigenvalue weighted by atomic mass is 31.1. The first kappa shape index (κ1) is 14.1. The normalized spacial score (nSPS) is 11.4. The summed E-state index contributed by atoms with van der Waals surface area (Å²) in [6.07, 6.45) is 0. The van der Waals surface area contributed by atoms with Crippen molar-refractivity contribution in [1.82, 2.24) is 0 Å². The Morgan fingerprint density at radius 1 is 0.737 bits per heavy atom. The fraction of sp³-hybridized carbons (Fsp3) is 0.294. The lowest BCUT2D eigenvalue weighted by molar-refractivity contribution is 1.10. The van der Waals surface area contributed by atoms with E-state index < -0.39 is 0 Å². The fourth-order valence-electron chi connectivity index (χ4n) is 1.94.